The highest BCUT2D eigenvalue weighted by Gasteiger charge is 2.38. The van der Waals surface area contributed by atoms with Gasteiger partial charge in [-0.25, -0.2) is 9.59 Å². The van der Waals surface area contributed by atoms with Crippen molar-refractivity contribution >= 4 is 18.1 Å². The molecule has 2 aromatic carbocycles. The number of likely N-dealkylation sites (tertiary alicyclic amines) is 1. The maximum absolute atomic E-state index is 14.1. The van der Waals surface area contributed by atoms with E-state index < -0.39 is 17.8 Å². The first kappa shape index (κ1) is 35.5. The van der Waals surface area contributed by atoms with Crippen molar-refractivity contribution in [2.24, 2.45) is 5.92 Å². The van der Waals surface area contributed by atoms with Crippen LogP contribution in [0, 0.1) is 5.92 Å². The molecular weight excluding hydrogens is 578 g/mol. The standard InChI is InChI=1S/C34H49N3O8/c1-24(2)37(31(38)27-14-15-29(42-7)30(19-27)43-17-11-16-41-6)28-18-26(21-36(22-28)33(40)45-34(3,4)5)20-35-32(39)44-23-25-12-9-8-10-13-25/h8-10,12-15,19,24,26,28H,11,16-18,20-23H2,1-7H3,(H,35,39)/t26-,28?/m1/s1. The number of piperidine rings is 1. The molecule has 248 valence electrons. The molecule has 2 atom stereocenters. The van der Waals surface area contributed by atoms with Crippen LogP contribution in [0.2, 0.25) is 0 Å². The summed E-state index contributed by atoms with van der Waals surface area (Å²) in [5.41, 5.74) is 0.643. The molecule has 11 heteroatoms. The van der Waals surface area contributed by atoms with E-state index in [0.29, 0.717) is 56.2 Å². The summed E-state index contributed by atoms with van der Waals surface area (Å²) in [6.07, 6.45) is 0.251. The molecule has 0 spiro atoms. The van der Waals surface area contributed by atoms with Gasteiger partial charge < -0.3 is 38.8 Å². The molecule has 1 aliphatic rings. The second kappa shape index (κ2) is 16.9. The highest BCUT2D eigenvalue weighted by Crippen LogP contribution is 2.31. The average molecular weight is 628 g/mol. The Morgan fingerprint density at radius 3 is 2.38 bits per heavy atom. The third-order valence-corrected chi connectivity index (χ3v) is 7.26. The molecule has 1 heterocycles. The molecule has 2 aromatic rings. The maximum Gasteiger partial charge on any atom is 0.410 e. The van der Waals surface area contributed by atoms with E-state index in [4.69, 9.17) is 23.7 Å². The molecule has 0 aliphatic carbocycles. The van der Waals surface area contributed by atoms with Gasteiger partial charge in [0.05, 0.1) is 19.8 Å². The zero-order chi connectivity index (χ0) is 33.0. The van der Waals surface area contributed by atoms with E-state index in [0.717, 1.165) is 5.56 Å². The summed E-state index contributed by atoms with van der Waals surface area (Å²) < 4.78 is 27.6. The van der Waals surface area contributed by atoms with Crippen LogP contribution in [0.5, 0.6) is 11.5 Å². The molecule has 1 aliphatic heterocycles. The van der Waals surface area contributed by atoms with E-state index in [-0.39, 0.29) is 37.1 Å². The molecule has 1 unspecified atom stereocenters. The third kappa shape index (κ3) is 11.1. The number of methoxy groups -OCH3 is 2. The van der Waals surface area contributed by atoms with Gasteiger partial charge >= 0.3 is 12.2 Å². The Balaban J connectivity index is 1.79. The normalized spacial score (nSPS) is 16.6. The second-order valence-corrected chi connectivity index (χ2v) is 12.5. The number of benzene rings is 2. The van der Waals surface area contributed by atoms with Crippen LogP contribution in [0.4, 0.5) is 9.59 Å². The van der Waals surface area contributed by atoms with Gasteiger partial charge in [0.1, 0.15) is 12.2 Å². The number of rotatable bonds is 13. The van der Waals surface area contributed by atoms with E-state index in [1.165, 1.54) is 0 Å². The van der Waals surface area contributed by atoms with Crippen molar-refractivity contribution in [3.8, 4) is 11.5 Å². The predicted molar refractivity (Wildman–Crippen MR) is 171 cm³/mol. The lowest BCUT2D eigenvalue weighted by molar-refractivity contribution is -0.00117. The largest absolute Gasteiger partial charge is 0.493 e. The topological polar surface area (TPSA) is 116 Å². The zero-order valence-corrected chi connectivity index (χ0v) is 27.7. The molecule has 0 saturated carbocycles. The lowest BCUT2D eigenvalue weighted by Gasteiger charge is -2.44. The van der Waals surface area contributed by atoms with E-state index in [9.17, 15) is 14.4 Å². The highest BCUT2D eigenvalue weighted by atomic mass is 16.6. The quantitative estimate of drug-likeness (QED) is 0.289. The molecule has 0 radical (unpaired) electrons. The first-order chi connectivity index (χ1) is 21.4. The Kier molecular flexibility index (Phi) is 13.3. The number of amides is 3. The monoisotopic (exact) mass is 627 g/mol. The number of carbonyl (C=O) groups excluding carboxylic acids is 3. The van der Waals surface area contributed by atoms with Gasteiger partial charge in [-0.15, -0.1) is 0 Å². The van der Waals surface area contributed by atoms with Crippen LogP contribution in [0.1, 0.15) is 63.4 Å². The van der Waals surface area contributed by atoms with Crippen LogP contribution in [-0.2, 0) is 20.8 Å². The van der Waals surface area contributed by atoms with Crippen molar-refractivity contribution in [3.05, 3.63) is 59.7 Å². The summed E-state index contributed by atoms with van der Waals surface area (Å²) in [4.78, 5) is 43.3. The minimum atomic E-state index is -0.685. The minimum Gasteiger partial charge on any atom is -0.493 e. The van der Waals surface area contributed by atoms with Crippen LogP contribution >= 0.6 is 0 Å². The minimum absolute atomic E-state index is 0.148. The van der Waals surface area contributed by atoms with Gasteiger partial charge in [0.25, 0.3) is 5.91 Å². The van der Waals surface area contributed by atoms with Crippen molar-refractivity contribution in [2.75, 3.05) is 47.1 Å². The van der Waals surface area contributed by atoms with Crippen LogP contribution < -0.4 is 14.8 Å². The predicted octanol–water partition coefficient (Wildman–Crippen LogP) is 5.51. The number of hydrogen-bond donors (Lipinski definition) is 1. The summed E-state index contributed by atoms with van der Waals surface area (Å²) in [5.74, 6) is 0.655. The van der Waals surface area contributed by atoms with Crippen LogP contribution in [0.15, 0.2) is 48.5 Å². The lowest BCUT2D eigenvalue weighted by atomic mass is 9.92. The molecule has 45 heavy (non-hydrogen) atoms. The number of nitrogens with zero attached hydrogens (tertiary/aromatic N) is 2. The van der Waals surface area contributed by atoms with E-state index >= 15 is 0 Å². The summed E-state index contributed by atoms with van der Waals surface area (Å²) in [5, 5.41) is 2.85. The molecule has 1 N–H and O–H groups in total. The molecule has 3 rings (SSSR count). The van der Waals surface area contributed by atoms with Gasteiger partial charge in [0, 0.05) is 51.4 Å². The molecule has 0 bridgehead atoms. The number of alkyl carbamates (subject to hydrolysis) is 1. The SMILES string of the molecule is COCCCOc1cc(C(=O)N(C(C)C)C2C[C@H](CNC(=O)OCc3ccccc3)CN(C(=O)OC(C)(C)C)C2)ccc1OC. The Labute approximate surface area is 267 Å². The third-order valence-electron chi connectivity index (χ3n) is 7.26. The lowest BCUT2D eigenvalue weighted by Crippen LogP contribution is -2.57. The number of nitrogens with one attached hydrogen (secondary N) is 1. The number of hydrogen-bond acceptors (Lipinski definition) is 8. The molecule has 0 aromatic heterocycles. The number of ether oxygens (including phenoxy) is 5. The Morgan fingerprint density at radius 1 is 1.00 bits per heavy atom. The maximum atomic E-state index is 14.1. The first-order valence-electron chi connectivity index (χ1n) is 15.5. The van der Waals surface area contributed by atoms with Crippen LogP contribution in [-0.4, -0.2) is 92.6 Å². The van der Waals surface area contributed by atoms with E-state index in [1.807, 2.05) is 65.0 Å². The van der Waals surface area contributed by atoms with Crippen molar-refractivity contribution in [3.63, 3.8) is 0 Å². The van der Waals surface area contributed by atoms with Gasteiger partial charge in [-0.3, -0.25) is 4.79 Å². The van der Waals surface area contributed by atoms with Gasteiger partial charge in [-0.2, -0.15) is 0 Å². The molecule has 11 nitrogen and oxygen atoms in total. The van der Waals surface area contributed by atoms with E-state index in [1.54, 1.807) is 42.2 Å². The van der Waals surface area contributed by atoms with Gasteiger partial charge in [-0.05, 0) is 70.7 Å². The van der Waals surface area contributed by atoms with Crippen LogP contribution in [0.25, 0.3) is 0 Å². The Hall–Kier alpha value is -3.99. The van der Waals surface area contributed by atoms with Crippen molar-refractivity contribution in [1.29, 1.82) is 0 Å². The fourth-order valence-corrected chi connectivity index (χ4v) is 5.28. The highest BCUT2D eigenvalue weighted by molar-refractivity contribution is 5.95. The van der Waals surface area contributed by atoms with Crippen molar-refractivity contribution in [2.45, 2.75) is 71.8 Å². The van der Waals surface area contributed by atoms with Crippen molar-refractivity contribution in [1.82, 2.24) is 15.1 Å². The van der Waals surface area contributed by atoms with Crippen LogP contribution in [0.3, 0.4) is 0 Å². The smallest absolute Gasteiger partial charge is 0.410 e. The summed E-state index contributed by atoms with van der Waals surface area (Å²) in [6, 6.07) is 14.0. The van der Waals surface area contributed by atoms with Gasteiger partial charge in [0.15, 0.2) is 11.5 Å². The molecule has 3 amide bonds. The fraction of sp³-hybridized carbons (Fsp3) is 0.559. The molecule has 1 saturated heterocycles. The summed E-state index contributed by atoms with van der Waals surface area (Å²) in [6.45, 7) is 11.4. The first-order valence-corrected chi connectivity index (χ1v) is 15.5. The fourth-order valence-electron chi connectivity index (χ4n) is 5.28. The zero-order valence-electron chi connectivity index (χ0n) is 27.7. The Bertz CT molecular complexity index is 1250. The average Bonchev–Trinajstić information content (AvgIpc) is 3.00. The second-order valence-electron chi connectivity index (χ2n) is 12.5. The molecule has 1 fully saturated rings. The Morgan fingerprint density at radius 2 is 1.73 bits per heavy atom. The summed E-state index contributed by atoms with van der Waals surface area (Å²) >= 11 is 0. The number of carbonyl (C=O) groups is 3. The van der Waals surface area contributed by atoms with Crippen molar-refractivity contribution < 1.29 is 38.1 Å². The van der Waals surface area contributed by atoms with Gasteiger partial charge in [-0.1, -0.05) is 30.3 Å². The molecular formula is C34H49N3O8. The van der Waals surface area contributed by atoms with Gasteiger partial charge in [0.2, 0.25) is 0 Å². The summed E-state index contributed by atoms with van der Waals surface area (Å²) in [7, 11) is 3.19. The van der Waals surface area contributed by atoms with E-state index in [2.05, 4.69) is 5.32 Å².